The Kier molecular flexibility index (Phi) is 8.26. The number of aryl methyl sites for hydroxylation is 1. The van der Waals surface area contributed by atoms with E-state index in [-0.39, 0.29) is 47.4 Å². The Morgan fingerprint density at radius 2 is 2.00 bits per heavy atom. The van der Waals surface area contributed by atoms with Crippen LogP contribution in [0.5, 0.6) is 6.01 Å². The molecule has 43 heavy (non-hydrogen) atoms. The van der Waals surface area contributed by atoms with E-state index in [2.05, 4.69) is 27.5 Å². The first-order valence-corrected chi connectivity index (χ1v) is 15.1. The van der Waals surface area contributed by atoms with Crippen LogP contribution in [0.3, 0.4) is 0 Å². The number of hydrogen-bond donors (Lipinski definition) is 0. The lowest BCUT2D eigenvalue weighted by atomic mass is 9.85. The monoisotopic (exact) mass is 586 g/mol. The molecule has 1 amide bonds. The van der Waals surface area contributed by atoms with Crippen LogP contribution in [0, 0.1) is 23.0 Å². The van der Waals surface area contributed by atoms with Crippen LogP contribution in [-0.4, -0.2) is 77.6 Å². The first-order chi connectivity index (χ1) is 20.9. The number of fused-ring (bicyclic) bond motifs is 2. The number of amides is 1. The number of likely N-dealkylation sites (N-methyl/N-ethyl adjacent to an activating group) is 1. The van der Waals surface area contributed by atoms with Crippen molar-refractivity contribution in [3.8, 4) is 23.2 Å². The highest BCUT2D eigenvalue weighted by atomic mass is 19.1. The summed E-state index contributed by atoms with van der Waals surface area (Å²) >= 11 is 0. The smallest absolute Gasteiger partial charge is 0.319 e. The summed E-state index contributed by atoms with van der Waals surface area (Å²) in [6.45, 7) is 5.84. The largest absolute Gasteiger partial charge is 0.462 e. The molecule has 1 aromatic heterocycles. The first-order valence-electron chi connectivity index (χ1n) is 15.1. The van der Waals surface area contributed by atoms with Crippen molar-refractivity contribution in [3.63, 3.8) is 0 Å². The van der Waals surface area contributed by atoms with Crippen molar-refractivity contribution in [1.82, 2.24) is 19.8 Å². The number of ether oxygens (including phenoxy) is 1. The number of carbonyl (C=O) groups excluding carboxylic acids is 1. The van der Waals surface area contributed by atoms with Crippen LogP contribution >= 0.6 is 0 Å². The maximum atomic E-state index is 16.6. The number of rotatable bonds is 7. The summed E-state index contributed by atoms with van der Waals surface area (Å²) < 4.78 is 38.7. The van der Waals surface area contributed by atoms with E-state index in [9.17, 15) is 10.1 Å². The second-order valence-electron chi connectivity index (χ2n) is 11.7. The Morgan fingerprint density at radius 1 is 1.16 bits per heavy atom. The Morgan fingerprint density at radius 3 is 2.77 bits per heavy atom. The Labute approximate surface area is 250 Å². The SMILES string of the molecule is C=CC(=O)N1CCN(c2nc(OC[C@@H]3CCCN3C)nc3c(F)c(-c4cccc5c4CCCC5)c(F)cc23)C[C@@H]1CC#N. The predicted molar refractivity (Wildman–Crippen MR) is 161 cm³/mol. The van der Waals surface area contributed by atoms with E-state index >= 15 is 8.78 Å². The van der Waals surface area contributed by atoms with E-state index in [4.69, 9.17) is 4.74 Å². The number of hydrogen-bond acceptors (Lipinski definition) is 7. The predicted octanol–water partition coefficient (Wildman–Crippen LogP) is 5.04. The van der Waals surface area contributed by atoms with E-state index in [0.29, 0.717) is 31.1 Å². The molecular weight excluding hydrogens is 550 g/mol. The molecule has 2 fully saturated rings. The van der Waals surface area contributed by atoms with Crippen molar-refractivity contribution < 1.29 is 18.3 Å². The average molecular weight is 587 g/mol. The molecule has 1 aliphatic carbocycles. The maximum absolute atomic E-state index is 16.6. The fourth-order valence-electron chi connectivity index (χ4n) is 6.82. The quantitative estimate of drug-likeness (QED) is 0.359. The van der Waals surface area contributed by atoms with Crippen LogP contribution in [-0.2, 0) is 17.6 Å². The lowest BCUT2D eigenvalue weighted by molar-refractivity contribution is -0.128. The number of aromatic nitrogens is 2. The maximum Gasteiger partial charge on any atom is 0.319 e. The molecule has 2 aliphatic heterocycles. The van der Waals surface area contributed by atoms with Gasteiger partial charge in [0.2, 0.25) is 5.91 Å². The third kappa shape index (κ3) is 5.54. The molecule has 0 unspecified atom stereocenters. The number of piperazine rings is 1. The van der Waals surface area contributed by atoms with Gasteiger partial charge in [0.25, 0.3) is 0 Å². The summed E-state index contributed by atoms with van der Waals surface area (Å²) in [5, 5.41) is 9.70. The van der Waals surface area contributed by atoms with E-state index in [1.165, 1.54) is 12.1 Å². The Hall–Kier alpha value is -4.10. The minimum atomic E-state index is -0.741. The molecule has 0 N–H and O–H groups in total. The lowest BCUT2D eigenvalue weighted by Gasteiger charge is -2.41. The molecule has 2 saturated heterocycles. The number of benzene rings is 2. The summed E-state index contributed by atoms with van der Waals surface area (Å²) in [5.41, 5.74) is 2.59. The summed E-state index contributed by atoms with van der Waals surface area (Å²) in [6.07, 6.45) is 7.09. The molecule has 0 saturated carbocycles. The van der Waals surface area contributed by atoms with E-state index in [0.717, 1.165) is 56.2 Å². The number of nitriles is 1. The van der Waals surface area contributed by atoms with E-state index in [1.807, 2.05) is 24.1 Å². The van der Waals surface area contributed by atoms with Crippen molar-refractivity contribution >= 4 is 22.6 Å². The fraction of sp³-hybridized carbons (Fsp3) is 0.455. The zero-order valence-corrected chi connectivity index (χ0v) is 24.5. The van der Waals surface area contributed by atoms with Gasteiger partial charge in [-0.25, -0.2) is 8.78 Å². The molecule has 6 rings (SSSR count). The van der Waals surface area contributed by atoms with Gasteiger partial charge < -0.3 is 19.4 Å². The van der Waals surface area contributed by atoms with E-state index < -0.39 is 17.7 Å². The molecule has 0 radical (unpaired) electrons. The van der Waals surface area contributed by atoms with Crippen LogP contribution in [0.1, 0.15) is 43.2 Å². The van der Waals surface area contributed by atoms with Gasteiger partial charge in [-0.1, -0.05) is 24.8 Å². The summed E-state index contributed by atoms with van der Waals surface area (Å²) in [4.78, 5) is 27.4. The minimum absolute atomic E-state index is 0.00832. The number of anilines is 1. The number of halogens is 2. The zero-order chi connectivity index (χ0) is 30.1. The van der Waals surface area contributed by atoms with Gasteiger partial charge in [0, 0.05) is 31.1 Å². The normalized spacial score (nSPS) is 20.6. The average Bonchev–Trinajstić information content (AvgIpc) is 3.44. The number of likely N-dealkylation sites (tertiary alicyclic amines) is 1. The third-order valence-electron chi connectivity index (χ3n) is 9.15. The van der Waals surface area contributed by atoms with Crippen LogP contribution in [0.2, 0.25) is 0 Å². The zero-order valence-electron chi connectivity index (χ0n) is 24.5. The third-order valence-corrected chi connectivity index (χ3v) is 9.15. The minimum Gasteiger partial charge on any atom is -0.462 e. The van der Waals surface area contributed by atoms with Gasteiger partial charge >= 0.3 is 6.01 Å². The molecule has 2 aromatic carbocycles. The highest BCUT2D eigenvalue weighted by Crippen LogP contribution is 2.39. The van der Waals surface area contributed by atoms with Crippen molar-refractivity contribution in [2.45, 2.75) is 57.0 Å². The summed E-state index contributed by atoms with van der Waals surface area (Å²) in [6, 6.07) is 8.94. The van der Waals surface area contributed by atoms with Crippen molar-refractivity contribution in [3.05, 3.63) is 59.7 Å². The van der Waals surface area contributed by atoms with Gasteiger partial charge in [0.1, 0.15) is 23.8 Å². The Bertz CT molecular complexity index is 1600. The number of nitrogens with zero attached hydrogens (tertiary/aromatic N) is 6. The molecule has 3 aromatic rings. The topological polar surface area (TPSA) is 85.6 Å². The second-order valence-corrected chi connectivity index (χ2v) is 11.7. The van der Waals surface area contributed by atoms with Crippen molar-refractivity contribution in [2.24, 2.45) is 0 Å². The van der Waals surface area contributed by atoms with Gasteiger partial charge in [0.05, 0.1) is 24.1 Å². The summed E-state index contributed by atoms with van der Waals surface area (Å²) in [5.74, 6) is -1.35. The molecule has 2 atom stereocenters. The van der Waals surface area contributed by atoms with Gasteiger partial charge in [-0.3, -0.25) is 4.79 Å². The number of carbonyl (C=O) groups is 1. The van der Waals surface area contributed by atoms with Crippen LogP contribution in [0.4, 0.5) is 14.6 Å². The van der Waals surface area contributed by atoms with Gasteiger partial charge in [0.15, 0.2) is 5.82 Å². The molecule has 0 bridgehead atoms. The Balaban J connectivity index is 1.46. The lowest BCUT2D eigenvalue weighted by Crippen LogP contribution is -2.55. The van der Waals surface area contributed by atoms with Gasteiger partial charge in [-0.2, -0.15) is 15.2 Å². The first kappa shape index (κ1) is 29.0. The van der Waals surface area contributed by atoms with Crippen LogP contribution < -0.4 is 9.64 Å². The molecular formula is C33H36F2N6O2. The second kappa shape index (κ2) is 12.3. The molecule has 8 nitrogen and oxygen atoms in total. The standard InChI is InChI=1S/C33H36F2N6O2/c1-3-28(42)41-17-16-40(19-22(41)13-14-36)32-26-18-27(34)29(25-12-6-9-21-8-4-5-11-24(21)25)30(35)31(26)37-33(38-32)43-20-23-10-7-15-39(23)2/h3,6,9,12,18,22-23H,1,4-5,7-8,10-11,13,15-17,19-20H2,2H3/t22-,23-/m0/s1. The summed E-state index contributed by atoms with van der Waals surface area (Å²) in [7, 11) is 2.04. The van der Waals surface area contributed by atoms with Crippen molar-refractivity contribution in [2.75, 3.05) is 44.7 Å². The fourth-order valence-corrected chi connectivity index (χ4v) is 6.82. The highest BCUT2D eigenvalue weighted by Gasteiger charge is 2.33. The van der Waals surface area contributed by atoms with Gasteiger partial charge in [-0.15, -0.1) is 0 Å². The highest BCUT2D eigenvalue weighted by molar-refractivity contribution is 5.94. The van der Waals surface area contributed by atoms with E-state index in [1.54, 1.807) is 11.0 Å². The molecule has 3 aliphatic rings. The molecule has 224 valence electrons. The van der Waals surface area contributed by atoms with Gasteiger partial charge in [-0.05, 0) is 81.0 Å². The van der Waals surface area contributed by atoms with Crippen molar-refractivity contribution in [1.29, 1.82) is 5.26 Å². The molecule has 0 spiro atoms. The molecule has 10 heteroatoms. The van der Waals surface area contributed by atoms with Crippen LogP contribution in [0.15, 0.2) is 36.9 Å². The van der Waals surface area contributed by atoms with Crippen LogP contribution in [0.25, 0.3) is 22.0 Å². The molecule has 3 heterocycles.